The number of hydrogen-bond acceptors (Lipinski definition) is 5. The lowest BCUT2D eigenvalue weighted by Gasteiger charge is -2.35. The molecular formula is C11H14ClNO4. The molecular weight excluding hydrogens is 246 g/mol. The second-order valence-corrected chi connectivity index (χ2v) is 4.39. The molecule has 1 saturated heterocycles. The first-order valence-electron chi connectivity index (χ1n) is 5.26. The van der Waals surface area contributed by atoms with E-state index in [1.165, 1.54) is 0 Å². The summed E-state index contributed by atoms with van der Waals surface area (Å²) in [5.41, 5.74) is 0.710. The molecule has 1 aliphatic heterocycles. The third-order valence-electron chi connectivity index (χ3n) is 2.65. The summed E-state index contributed by atoms with van der Waals surface area (Å²) < 4.78 is 5.20. The first kappa shape index (κ1) is 12.6. The van der Waals surface area contributed by atoms with Crippen LogP contribution in [0.4, 0.5) is 5.69 Å². The number of anilines is 1. The molecule has 0 amide bonds. The van der Waals surface area contributed by atoms with Gasteiger partial charge in [-0.2, -0.15) is 0 Å². The van der Waals surface area contributed by atoms with Crippen LogP contribution in [0.1, 0.15) is 0 Å². The Balaban J connectivity index is 2.01. The van der Waals surface area contributed by atoms with Crippen LogP contribution in [0, 0.1) is 0 Å². The zero-order valence-electron chi connectivity index (χ0n) is 8.95. The van der Waals surface area contributed by atoms with Gasteiger partial charge in [0.2, 0.25) is 0 Å². The minimum atomic E-state index is -1.21. The molecule has 2 rings (SSSR count). The molecule has 1 aliphatic rings. The van der Waals surface area contributed by atoms with Crippen molar-refractivity contribution < 1.29 is 20.1 Å². The standard InChI is InChI=1S/C11H14ClNO4/c12-6-1-3-7(4-2-6)13-11-10(16)9(15)8(14)5-17-11/h1-4,8-11,13-16H,5H2/t8-,9+,10+,11-/m1/s1. The molecule has 4 atom stereocenters. The van der Waals surface area contributed by atoms with Gasteiger partial charge in [-0.15, -0.1) is 0 Å². The molecule has 0 spiro atoms. The third kappa shape index (κ3) is 2.88. The van der Waals surface area contributed by atoms with Crippen molar-refractivity contribution >= 4 is 17.3 Å². The molecule has 0 unspecified atom stereocenters. The summed E-state index contributed by atoms with van der Waals surface area (Å²) in [5, 5.41) is 32.0. The van der Waals surface area contributed by atoms with E-state index < -0.39 is 24.5 Å². The monoisotopic (exact) mass is 259 g/mol. The van der Waals surface area contributed by atoms with Crippen molar-refractivity contribution in [3.8, 4) is 0 Å². The second kappa shape index (κ2) is 5.20. The van der Waals surface area contributed by atoms with Crippen molar-refractivity contribution in [2.24, 2.45) is 0 Å². The Bertz CT molecular complexity index is 372. The Morgan fingerprint density at radius 1 is 1.12 bits per heavy atom. The molecule has 0 saturated carbocycles. The number of benzene rings is 1. The molecule has 0 aromatic heterocycles. The SMILES string of the molecule is O[C@@H]1[C@H](O)[C@H](Nc2ccc(Cl)cc2)OC[C@H]1O. The summed E-state index contributed by atoms with van der Waals surface area (Å²) in [6.07, 6.45) is -4.22. The van der Waals surface area contributed by atoms with E-state index in [2.05, 4.69) is 5.32 Å². The van der Waals surface area contributed by atoms with E-state index in [0.717, 1.165) is 0 Å². The van der Waals surface area contributed by atoms with Crippen LogP contribution in [0.15, 0.2) is 24.3 Å². The number of nitrogens with one attached hydrogen (secondary N) is 1. The lowest BCUT2D eigenvalue weighted by atomic mass is 10.0. The van der Waals surface area contributed by atoms with E-state index in [-0.39, 0.29) is 6.61 Å². The summed E-state index contributed by atoms with van der Waals surface area (Å²) >= 11 is 5.74. The first-order chi connectivity index (χ1) is 8.08. The van der Waals surface area contributed by atoms with E-state index in [0.29, 0.717) is 10.7 Å². The molecule has 1 aromatic rings. The number of rotatable bonds is 2. The van der Waals surface area contributed by atoms with Crippen molar-refractivity contribution in [2.75, 3.05) is 11.9 Å². The van der Waals surface area contributed by atoms with Gasteiger partial charge in [-0.25, -0.2) is 0 Å². The fourth-order valence-electron chi connectivity index (χ4n) is 1.64. The smallest absolute Gasteiger partial charge is 0.156 e. The van der Waals surface area contributed by atoms with Gasteiger partial charge in [-0.05, 0) is 24.3 Å². The Morgan fingerprint density at radius 3 is 2.41 bits per heavy atom. The lowest BCUT2D eigenvalue weighted by molar-refractivity contribution is -0.178. The number of aliphatic hydroxyl groups is 3. The normalized spacial score (nSPS) is 33.4. The molecule has 4 N–H and O–H groups in total. The summed E-state index contributed by atoms with van der Waals surface area (Å²) in [6.45, 7) is -0.0243. The van der Waals surface area contributed by atoms with Gasteiger partial charge >= 0.3 is 0 Å². The molecule has 17 heavy (non-hydrogen) atoms. The van der Waals surface area contributed by atoms with Gasteiger partial charge in [0.15, 0.2) is 6.23 Å². The number of halogens is 1. The van der Waals surface area contributed by atoms with Crippen molar-refractivity contribution in [1.29, 1.82) is 0 Å². The first-order valence-corrected chi connectivity index (χ1v) is 5.63. The molecule has 0 aliphatic carbocycles. The topological polar surface area (TPSA) is 82.0 Å². The van der Waals surface area contributed by atoms with Crippen LogP contribution in [0.25, 0.3) is 0 Å². The maximum Gasteiger partial charge on any atom is 0.156 e. The van der Waals surface area contributed by atoms with Crippen LogP contribution in [-0.4, -0.2) is 46.5 Å². The lowest BCUT2D eigenvalue weighted by Crippen LogP contribution is -2.55. The van der Waals surface area contributed by atoms with Crippen LogP contribution in [0.5, 0.6) is 0 Å². The Kier molecular flexibility index (Phi) is 3.86. The molecule has 0 bridgehead atoms. The quantitative estimate of drug-likeness (QED) is 0.610. The number of hydrogen-bond donors (Lipinski definition) is 4. The van der Waals surface area contributed by atoms with Gasteiger partial charge in [-0.3, -0.25) is 0 Å². The van der Waals surface area contributed by atoms with Crippen LogP contribution >= 0.6 is 11.6 Å². The van der Waals surface area contributed by atoms with Crippen molar-refractivity contribution in [3.63, 3.8) is 0 Å². The van der Waals surface area contributed by atoms with Gasteiger partial charge in [-0.1, -0.05) is 11.6 Å². The number of aliphatic hydroxyl groups excluding tert-OH is 3. The predicted octanol–water partition coefficient (Wildman–Crippen LogP) is 0.191. The van der Waals surface area contributed by atoms with Crippen LogP contribution in [-0.2, 0) is 4.74 Å². The average molecular weight is 260 g/mol. The van der Waals surface area contributed by atoms with Gasteiger partial charge in [0.05, 0.1) is 6.61 Å². The zero-order valence-corrected chi connectivity index (χ0v) is 9.71. The Labute approximate surface area is 104 Å². The van der Waals surface area contributed by atoms with Gasteiger partial charge < -0.3 is 25.4 Å². The second-order valence-electron chi connectivity index (χ2n) is 3.95. The predicted molar refractivity (Wildman–Crippen MR) is 62.8 cm³/mol. The van der Waals surface area contributed by atoms with Gasteiger partial charge in [0.1, 0.15) is 18.3 Å². The maximum atomic E-state index is 9.70. The Morgan fingerprint density at radius 2 is 1.76 bits per heavy atom. The molecule has 1 aromatic carbocycles. The van der Waals surface area contributed by atoms with Gasteiger partial charge in [0.25, 0.3) is 0 Å². The van der Waals surface area contributed by atoms with E-state index >= 15 is 0 Å². The highest BCUT2D eigenvalue weighted by molar-refractivity contribution is 6.30. The largest absolute Gasteiger partial charge is 0.388 e. The molecule has 1 fully saturated rings. The van der Waals surface area contributed by atoms with Crippen LogP contribution in [0.3, 0.4) is 0 Å². The molecule has 94 valence electrons. The number of ether oxygens (including phenoxy) is 1. The molecule has 0 radical (unpaired) electrons. The third-order valence-corrected chi connectivity index (χ3v) is 2.91. The minimum absolute atomic E-state index is 0.0243. The van der Waals surface area contributed by atoms with Gasteiger partial charge in [0, 0.05) is 10.7 Å². The summed E-state index contributed by atoms with van der Waals surface area (Å²) in [5.74, 6) is 0. The molecule has 5 nitrogen and oxygen atoms in total. The van der Waals surface area contributed by atoms with Crippen LogP contribution < -0.4 is 5.32 Å². The summed E-state index contributed by atoms with van der Waals surface area (Å²) in [7, 11) is 0. The van der Waals surface area contributed by atoms with E-state index in [1.54, 1.807) is 24.3 Å². The fourth-order valence-corrected chi connectivity index (χ4v) is 1.77. The average Bonchev–Trinajstić information content (AvgIpc) is 2.33. The Hall–Kier alpha value is -0.850. The van der Waals surface area contributed by atoms with E-state index in [4.69, 9.17) is 16.3 Å². The molecule has 6 heteroatoms. The maximum absolute atomic E-state index is 9.70. The summed E-state index contributed by atoms with van der Waals surface area (Å²) in [6, 6.07) is 6.86. The highest BCUT2D eigenvalue weighted by atomic mass is 35.5. The van der Waals surface area contributed by atoms with Crippen LogP contribution in [0.2, 0.25) is 5.02 Å². The minimum Gasteiger partial charge on any atom is -0.388 e. The zero-order chi connectivity index (χ0) is 12.4. The highest BCUT2D eigenvalue weighted by Gasteiger charge is 2.37. The van der Waals surface area contributed by atoms with E-state index in [9.17, 15) is 15.3 Å². The summed E-state index contributed by atoms with van der Waals surface area (Å²) in [4.78, 5) is 0. The molecule has 1 heterocycles. The van der Waals surface area contributed by atoms with Crippen molar-refractivity contribution in [3.05, 3.63) is 29.3 Å². The highest BCUT2D eigenvalue weighted by Crippen LogP contribution is 2.19. The van der Waals surface area contributed by atoms with E-state index in [1.807, 2.05) is 0 Å². The van der Waals surface area contributed by atoms with Crippen molar-refractivity contribution in [2.45, 2.75) is 24.5 Å². The van der Waals surface area contributed by atoms with Crippen molar-refractivity contribution in [1.82, 2.24) is 0 Å². The fraction of sp³-hybridized carbons (Fsp3) is 0.455.